The average Bonchev–Trinajstić information content (AvgIpc) is 3.42. The van der Waals surface area contributed by atoms with Gasteiger partial charge < -0.3 is 27.5 Å². The number of aromatic nitrogens is 2. The second-order valence-corrected chi connectivity index (χ2v) is 25.3. The Morgan fingerprint density at radius 2 is 1.42 bits per heavy atom. The molecule has 2 saturated carbocycles. The molecule has 1 atom stereocenters. The molecule has 0 radical (unpaired) electrons. The van der Waals surface area contributed by atoms with E-state index in [4.69, 9.17) is 10.5 Å². The number of ketones is 1. The summed E-state index contributed by atoms with van der Waals surface area (Å²) in [7, 11) is 0. The van der Waals surface area contributed by atoms with Crippen molar-refractivity contribution < 1.29 is 27.6 Å². The molecule has 0 aliphatic heterocycles. The SMILES string of the molecule is C1CC1.CC1=C(NC(N)=O)CCC1.CC1CCCC1=O.I[I-]I.NC(N)=O.O=c1[nH]c2c(c(=O)[nH]1)CCC2. The molecule has 218 valence electrons. The Morgan fingerprint density at radius 1 is 0.868 bits per heavy atom. The standard InChI is InChI=1S/C7H8N2O2.C7H12N2O.C6H10O.C3H6.CH4N2O.I3/c10-6-4-2-1-3-5(4)8-7(11)9-6;1-5-3-2-4-6(5)9-7(8)10;1-5-3-2-4-6(5)7;1-2-3-1;2-1(3)4;1-3-2/h1-3H2,(H2,8,9,10,11);2-4H2,1H3,(H3,8,9,10);5H,2-4H2,1H3;1-3H2;(H4,2,3,4);/q;;;;;-1. The van der Waals surface area contributed by atoms with E-state index in [1.807, 2.05) is 13.8 Å². The van der Waals surface area contributed by atoms with E-state index in [0.717, 1.165) is 74.7 Å². The summed E-state index contributed by atoms with van der Waals surface area (Å²) in [4.78, 5) is 56.6. The molecule has 4 aliphatic rings. The van der Waals surface area contributed by atoms with E-state index in [0.29, 0.717) is 25.0 Å². The van der Waals surface area contributed by atoms with Gasteiger partial charge in [-0.15, -0.1) is 0 Å². The van der Waals surface area contributed by atoms with Crippen molar-refractivity contribution in [1.82, 2.24) is 15.3 Å². The van der Waals surface area contributed by atoms with Gasteiger partial charge in [-0.05, 0) is 58.3 Å². The number of urea groups is 2. The summed E-state index contributed by atoms with van der Waals surface area (Å²) in [5, 5.41) is 2.61. The van der Waals surface area contributed by atoms with Gasteiger partial charge in [-0.25, -0.2) is 14.4 Å². The van der Waals surface area contributed by atoms with Crippen LogP contribution in [0, 0.1) is 5.92 Å². The number of allylic oxidation sites excluding steroid dienone is 2. The van der Waals surface area contributed by atoms with Crippen LogP contribution in [0.4, 0.5) is 9.59 Å². The van der Waals surface area contributed by atoms with Gasteiger partial charge in [0, 0.05) is 29.3 Å². The summed E-state index contributed by atoms with van der Waals surface area (Å²) in [6.45, 7) is 4.04. The zero-order chi connectivity index (χ0) is 29.1. The van der Waals surface area contributed by atoms with Crippen LogP contribution in [0.2, 0.25) is 0 Å². The number of carbonyl (C=O) groups is 3. The van der Waals surface area contributed by atoms with Crippen LogP contribution < -0.4 is 47.0 Å². The Bertz CT molecular complexity index is 1030. The van der Waals surface area contributed by atoms with Gasteiger partial charge in [-0.1, -0.05) is 31.8 Å². The number of H-pyrrole nitrogens is 2. The van der Waals surface area contributed by atoms with Crippen LogP contribution in [-0.2, 0) is 17.6 Å². The number of rotatable bonds is 1. The number of primary amides is 3. The third-order valence-corrected chi connectivity index (χ3v) is 5.71. The molecule has 4 amide bonds. The number of amides is 4. The zero-order valence-electron chi connectivity index (χ0n) is 22.0. The second kappa shape index (κ2) is 21.6. The normalized spacial score (nSPS) is 17.9. The summed E-state index contributed by atoms with van der Waals surface area (Å²) in [6.07, 6.45) is 13.4. The van der Waals surface area contributed by atoms with E-state index >= 15 is 0 Å². The molecule has 5 rings (SSSR count). The molecule has 11 nitrogen and oxygen atoms in total. The Balaban J connectivity index is 0.000000466. The van der Waals surface area contributed by atoms with Crippen LogP contribution in [-0.4, -0.2) is 27.8 Å². The Hall–Kier alpha value is -1.18. The molecule has 14 heteroatoms. The fourth-order valence-corrected chi connectivity index (χ4v) is 3.68. The fraction of sp³-hybridized carbons (Fsp3) is 0.625. The smallest absolute Gasteiger partial charge is 0.325 e. The fourth-order valence-electron chi connectivity index (χ4n) is 3.68. The van der Waals surface area contributed by atoms with Crippen molar-refractivity contribution in [1.29, 1.82) is 0 Å². The first-order chi connectivity index (χ1) is 17.9. The van der Waals surface area contributed by atoms with Crippen LogP contribution in [0.15, 0.2) is 20.9 Å². The molecule has 0 bridgehead atoms. The second-order valence-electron chi connectivity index (χ2n) is 9.10. The summed E-state index contributed by atoms with van der Waals surface area (Å²) in [5.74, 6) is 0.833. The molecule has 1 aromatic rings. The molecule has 0 aromatic carbocycles. The maximum Gasteiger partial charge on any atom is 0.325 e. The minimum absolute atomic E-state index is 0.221. The van der Waals surface area contributed by atoms with Crippen LogP contribution in [0.1, 0.15) is 89.3 Å². The number of nitrogens with one attached hydrogen (secondary N) is 3. The van der Waals surface area contributed by atoms with Crippen LogP contribution in [0.3, 0.4) is 0 Å². The topological polar surface area (TPSA) is 207 Å². The molecule has 0 spiro atoms. The average molecular weight is 873 g/mol. The van der Waals surface area contributed by atoms with Crippen molar-refractivity contribution in [3.8, 4) is 0 Å². The van der Waals surface area contributed by atoms with Crippen molar-refractivity contribution in [3.63, 3.8) is 0 Å². The number of aromatic amines is 2. The minimum atomic E-state index is -0.833. The van der Waals surface area contributed by atoms with Gasteiger partial charge in [0.25, 0.3) is 5.56 Å². The van der Waals surface area contributed by atoms with Crippen molar-refractivity contribution in [3.05, 3.63) is 43.4 Å². The Kier molecular flexibility index (Phi) is 20.9. The number of hydrogen-bond acceptors (Lipinski definition) is 5. The van der Waals surface area contributed by atoms with E-state index in [2.05, 4.69) is 64.0 Å². The maximum atomic E-state index is 11.1. The number of hydrogen-bond donors (Lipinski definition) is 6. The molecule has 1 heterocycles. The largest absolute Gasteiger partial charge is 0.352 e. The van der Waals surface area contributed by atoms with Gasteiger partial charge in [0.1, 0.15) is 5.78 Å². The predicted octanol–water partition coefficient (Wildman–Crippen LogP) is 1.01. The minimum Gasteiger partial charge on any atom is -0.352 e. The number of aryl methyl sites for hydroxylation is 1. The van der Waals surface area contributed by atoms with E-state index in [9.17, 15) is 19.2 Å². The van der Waals surface area contributed by atoms with Gasteiger partial charge >= 0.3 is 68.2 Å². The number of halogens is 3. The summed E-state index contributed by atoms with van der Waals surface area (Å²) in [5.41, 5.74) is 16.7. The molecular formula is C24H40I3N6O5-. The number of Topliss-reactive ketones (excluding diaryl/α,β-unsaturated/α-hetero) is 1. The van der Waals surface area contributed by atoms with E-state index in [1.165, 1.54) is 24.8 Å². The monoisotopic (exact) mass is 873 g/mol. The molecule has 38 heavy (non-hydrogen) atoms. The summed E-state index contributed by atoms with van der Waals surface area (Å²) in [6, 6.07) is -1.28. The third-order valence-electron chi connectivity index (χ3n) is 5.71. The van der Waals surface area contributed by atoms with Crippen molar-refractivity contribution in [2.24, 2.45) is 23.1 Å². The van der Waals surface area contributed by atoms with Gasteiger partial charge in [-0.3, -0.25) is 14.6 Å². The first-order valence-electron chi connectivity index (χ1n) is 12.5. The molecule has 0 saturated heterocycles. The first-order valence-corrected chi connectivity index (χ1v) is 25.0. The van der Waals surface area contributed by atoms with Crippen molar-refractivity contribution >= 4 is 55.1 Å². The van der Waals surface area contributed by atoms with Gasteiger partial charge in [0.2, 0.25) is 0 Å². The Labute approximate surface area is 253 Å². The van der Waals surface area contributed by atoms with Gasteiger partial charge in [-0.2, -0.15) is 0 Å². The zero-order valence-corrected chi connectivity index (χ0v) is 28.4. The predicted molar refractivity (Wildman–Crippen MR) is 163 cm³/mol. The van der Waals surface area contributed by atoms with E-state index in [-0.39, 0.29) is 5.56 Å². The van der Waals surface area contributed by atoms with Crippen LogP contribution in [0.25, 0.3) is 0 Å². The molecule has 2 fully saturated rings. The third kappa shape index (κ3) is 19.0. The molecule has 1 aromatic heterocycles. The van der Waals surface area contributed by atoms with Crippen molar-refractivity contribution in [2.75, 3.05) is 0 Å². The van der Waals surface area contributed by atoms with Crippen molar-refractivity contribution in [2.45, 2.75) is 90.9 Å². The van der Waals surface area contributed by atoms with Gasteiger partial charge in [0.05, 0.1) is 0 Å². The Morgan fingerprint density at radius 3 is 1.79 bits per heavy atom. The number of nitrogens with two attached hydrogens (primary N) is 3. The maximum absolute atomic E-state index is 11.1. The molecular weight excluding hydrogens is 833 g/mol. The molecule has 9 N–H and O–H groups in total. The summed E-state index contributed by atoms with van der Waals surface area (Å²) < 4.78 is 0. The van der Waals surface area contributed by atoms with Crippen LogP contribution in [0.5, 0.6) is 0 Å². The summed E-state index contributed by atoms with van der Waals surface area (Å²) >= 11 is 5.30. The van der Waals surface area contributed by atoms with E-state index in [1.54, 1.807) is 0 Å². The number of fused-ring (bicyclic) bond motifs is 1. The first kappa shape index (κ1) is 36.8. The number of carbonyl (C=O) groups excluding carboxylic acids is 3. The van der Waals surface area contributed by atoms with E-state index < -0.39 is 17.8 Å². The van der Waals surface area contributed by atoms with Crippen LogP contribution >= 0.6 is 37.2 Å². The molecule has 4 aliphatic carbocycles. The molecule has 1 unspecified atom stereocenters. The van der Waals surface area contributed by atoms with Gasteiger partial charge in [0.15, 0.2) is 0 Å². The quantitative estimate of drug-likeness (QED) is 0.228.